The van der Waals surface area contributed by atoms with Crippen LogP contribution in [0.3, 0.4) is 0 Å². The lowest BCUT2D eigenvalue weighted by molar-refractivity contribution is -0.131. The Labute approximate surface area is 190 Å². The highest BCUT2D eigenvalue weighted by atomic mass is 127. The first kappa shape index (κ1) is 23.4. The van der Waals surface area contributed by atoms with Gasteiger partial charge in [0.1, 0.15) is 6.54 Å². The zero-order valence-corrected chi connectivity index (χ0v) is 19.6. The molecule has 0 saturated carbocycles. The van der Waals surface area contributed by atoms with Crippen molar-refractivity contribution in [1.29, 1.82) is 0 Å². The number of hydrogen-bond acceptors (Lipinski definition) is 3. The first-order chi connectivity index (χ1) is 13.6. The van der Waals surface area contributed by atoms with E-state index < -0.39 is 0 Å². The average molecular weight is 513 g/mol. The molecule has 160 valence electrons. The monoisotopic (exact) mass is 513 g/mol. The van der Waals surface area contributed by atoms with Gasteiger partial charge in [-0.05, 0) is 30.9 Å². The van der Waals surface area contributed by atoms with E-state index in [1.54, 1.807) is 0 Å². The van der Waals surface area contributed by atoms with Gasteiger partial charge in [0.05, 0.1) is 0 Å². The van der Waals surface area contributed by atoms with Crippen LogP contribution >= 0.6 is 24.0 Å². The highest BCUT2D eigenvalue weighted by Gasteiger charge is 2.26. The van der Waals surface area contributed by atoms with Gasteiger partial charge in [0.2, 0.25) is 11.8 Å². The SMILES string of the molecule is CCNC(=NCC(=O)N1CCc2ccccc2C1)NC1CCN(C(=O)CC)C1.I. The maximum Gasteiger partial charge on any atom is 0.244 e. The predicted octanol–water partition coefficient (Wildman–Crippen LogP) is 1.76. The number of hydrogen-bond donors (Lipinski definition) is 2. The van der Waals surface area contributed by atoms with Crippen LogP contribution in [0.4, 0.5) is 0 Å². The maximum atomic E-state index is 12.6. The van der Waals surface area contributed by atoms with Gasteiger partial charge in [-0.2, -0.15) is 0 Å². The molecular formula is C21H32IN5O2. The Morgan fingerprint density at radius 1 is 1.10 bits per heavy atom. The Kier molecular flexibility index (Phi) is 9.19. The Balaban J connectivity index is 0.00000300. The summed E-state index contributed by atoms with van der Waals surface area (Å²) in [6, 6.07) is 8.47. The van der Waals surface area contributed by atoms with E-state index in [2.05, 4.69) is 27.8 Å². The van der Waals surface area contributed by atoms with E-state index in [9.17, 15) is 9.59 Å². The molecule has 1 aromatic rings. The average Bonchev–Trinajstić information content (AvgIpc) is 3.19. The molecule has 29 heavy (non-hydrogen) atoms. The predicted molar refractivity (Wildman–Crippen MR) is 125 cm³/mol. The fourth-order valence-corrected chi connectivity index (χ4v) is 3.80. The van der Waals surface area contributed by atoms with Crippen molar-refractivity contribution in [2.75, 3.05) is 32.7 Å². The number of carbonyl (C=O) groups excluding carboxylic acids is 2. The third-order valence-corrected chi connectivity index (χ3v) is 5.38. The molecule has 1 fully saturated rings. The van der Waals surface area contributed by atoms with Crippen LogP contribution in [0.1, 0.15) is 37.8 Å². The first-order valence-electron chi connectivity index (χ1n) is 10.3. The molecule has 0 bridgehead atoms. The van der Waals surface area contributed by atoms with Crippen molar-refractivity contribution < 1.29 is 9.59 Å². The summed E-state index contributed by atoms with van der Waals surface area (Å²) in [4.78, 5) is 32.8. The lowest BCUT2D eigenvalue weighted by atomic mass is 10.00. The molecular weight excluding hydrogens is 481 g/mol. The van der Waals surface area contributed by atoms with Gasteiger partial charge in [-0.15, -0.1) is 24.0 Å². The summed E-state index contributed by atoms with van der Waals surface area (Å²) < 4.78 is 0. The molecule has 2 heterocycles. The number of carbonyl (C=O) groups is 2. The van der Waals surface area contributed by atoms with Gasteiger partial charge in [0, 0.05) is 45.2 Å². The van der Waals surface area contributed by atoms with Gasteiger partial charge in [-0.3, -0.25) is 9.59 Å². The smallest absolute Gasteiger partial charge is 0.244 e. The van der Waals surface area contributed by atoms with Gasteiger partial charge in [0.15, 0.2) is 5.96 Å². The summed E-state index contributed by atoms with van der Waals surface area (Å²) in [5.41, 5.74) is 2.56. The zero-order valence-electron chi connectivity index (χ0n) is 17.3. The molecule has 0 spiro atoms. The number of benzene rings is 1. The topological polar surface area (TPSA) is 77.0 Å². The lowest BCUT2D eigenvalue weighted by Crippen LogP contribution is -2.45. The fourth-order valence-electron chi connectivity index (χ4n) is 3.80. The Hall–Kier alpha value is -1.84. The highest BCUT2D eigenvalue weighted by Crippen LogP contribution is 2.18. The molecule has 0 aliphatic carbocycles. The molecule has 2 aliphatic rings. The van der Waals surface area contributed by atoms with E-state index in [1.165, 1.54) is 11.1 Å². The third kappa shape index (κ3) is 6.32. The molecule has 0 radical (unpaired) electrons. The van der Waals surface area contributed by atoms with Gasteiger partial charge in [-0.1, -0.05) is 31.2 Å². The number of halogens is 1. The minimum atomic E-state index is 0. The molecule has 2 N–H and O–H groups in total. The van der Waals surface area contributed by atoms with E-state index in [-0.39, 0.29) is 48.4 Å². The largest absolute Gasteiger partial charge is 0.357 e. The van der Waals surface area contributed by atoms with Crippen molar-refractivity contribution in [2.24, 2.45) is 4.99 Å². The molecule has 2 amide bonds. The Morgan fingerprint density at radius 3 is 2.59 bits per heavy atom. The number of aliphatic imine (C=N–C) groups is 1. The number of nitrogens with one attached hydrogen (secondary N) is 2. The van der Waals surface area contributed by atoms with E-state index in [0.29, 0.717) is 25.5 Å². The van der Waals surface area contributed by atoms with Crippen LogP contribution in [0.25, 0.3) is 0 Å². The van der Waals surface area contributed by atoms with Crippen molar-refractivity contribution in [3.8, 4) is 0 Å². The summed E-state index contributed by atoms with van der Waals surface area (Å²) >= 11 is 0. The summed E-state index contributed by atoms with van der Waals surface area (Å²) in [5, 5.41) is 6.58. The van der Waals surface area contributed by atoms with Crippen LogP contribution in [0.5, 0.6) is 0 Å². The fraction of sp³-hybridized carbons (Fsp3) is 0.571. The third-order valence-electron chi connectivity index (χ3n) is 5.38. The minimum Gasteiger partial charge on any atom is -0.357 e. The second-order valence-electron chi connectivity index (χ2n) is 7.35. The molecule has 1 saturated heterocycles. The van der Waals surface area contributed by atoms with Gasteiger partial charge in [0.25, 0.3) is 0 Å². The minimum absolute atomic E-state index is 0. The van der Waals surface area contributed by atoms with Crippen molar-refractivity contribution in [3.05, 3.63) is 35.4 Å². The van der Waals surface area contributed by atoms with Gasteiger partial charge in [-0.25, -0.2) is 4.99 Å². The number of nitrogens with zero attached hydrogens (tertiary/aromatic N) is 3. The quantitative estimate of drug-likeness (QED) is 0.358. The van der Waals surface area contributed by atoms with Gasteiger partial charge >= 0.3 is 0 Å². The number of guanidine groups is 1. The second-order valence-corrected chi connectivity index (χ2v) is 7.35. The molecule has 1 atom stereocenters. The van der Waals surface area contributed by atoms with Gasteiger partial charge < -0.3 is 20.4 Å². The van der Waals surface area contributed by atoms with Crippen LogP contribution in [-0.4, -0.2) is 66.3 Å². The van der Waals surface area contributed by atoms with E-state index in [1.807, 2.05) is 35.8 Å². The van der Waals surface area contributed by atoms with Crippen LogP contribution in [0, 0.1) is 0 Å². The summed E-state index contributed by atoms with van der Waals surface area (Å²) in [6.45, 7) is 7.60. The van der Waals surface area contributed by atoms with E-state index in [0.717, 1.165) is 32.5 Å². The standard InChI is InChI=1S/C21H31N5O2.HI/c1-3-19(27)26-12-10-18(15-26)24-21(22-4-2)23-13-20(28)25-11-9-16-7-5-6-8-17(16)14-25;/h5-8,18H,3-4,9-15H2,1-2H3,(H2,22,23,24);1H. The Bertz CT molecular complexity index is 740. The number of fused-ring (bicyclic) bond motifs is 1. The maximum absolute atomic E-state index is 12.6. The molecule has 3 rings (SSSR count). The van der Waals surface area contributed by atoms with Crippen molar-refractivity contribution >= 4 is 41.8 Å². The van der Waals surface area contributed by atoms with Crippen molar-refractivity contribution in [1.82, 2.24) is 20.4 Å². The highest BCUT2D eigenvalue weighted by molar-refractivity contribution is 14.0. The molecule has 7 nitrogen and oxygen atoms in total. The summed E-state index contributed by atoms with van der Waals surface area (Å²) in [6.07, 6.45) is 2.33. The number of amides is 2. The molecule has 1 aromatic carbocycles. The van der Waals surface area contributed by atoms with Crippen LogP contribution < -0.4 is 10.6 Å². The lowest BCUT2D eigenvalue weighted by Gasteiger charge is -2.28. The molecule has 0 aromatic heterocycles. The molecule has 1 unspecified atom stereocenters. The Morgan fingerprint density at radius 2 is 1.86 bits per heavy atom. The van der Waals surface area contributed by atoms with E-state index in [4.69, 9.17) is 0 Å². The van der Waals surface area contributed by atoms with Crippen molar-refractivity contribution in [2.45, 2.75) is 45.7 Å². The normalized spacial score (nSPS) is 18.7. The van der Waals surface area contributed by atoms with Crippen LogP contribution in [-0.2, 0) is 22.6 Å². The van der Waals surface area contributed by atoms with Crippen molar-refractivity contribution in [3.63, 3.8) is 0 Å². The first-order valence-corrected chi connectivity index (χ1v) is 10.3. The zero-order chi connectivity index (χ0) is 19.9. The summed E-state index contributed by atoms with van der Waals surface area (Å²) in [7, 11) is 0. The van der Waals surface area contributed by atoms with Crippen LogP contribution in [0.15, 0.2) is 29.3 Å². The number of likely N-dealkylation sites (tertiary alicyclic amines) is 1. The van der Waals surface area contributed by atoms with Crippen LogP contribution in [0.2, 0.25) is 0 Å². The molecule has 8 heteroatoms. The number of rotatable bonds is 5. The second kappa shape index (κ2) is 11.4. The summed E-state index contributed by atoms with van der Waals surface area (Å²) in [5.74, 6) is 0.872. The molecule has 2 aliphatic heterocycles. The van der Waals surface area contributed by atoms with E-state index >= 15 is 0 Å².